The molecule has 2 rings (SSSR count). The van der Waals surface area contributed by atoms with Crippen LogP contribution in [0.2, 0.25) is 0 Å². The first-order chi connectivity index (χ1) is 9.65. The van der Waals surface area contributed by atoms with Crippen molar-refractivity contribution in [1.29, 1.82) is 0 Å². The molecule has 1 saturated heterocycles. The number of aliphatic hydroxyl groups is 1. The van der Waals surface area contributed by atoms with Gasteiger partial charge in [-0.05, 0) is 5.53 Å². The second kappa shape index (κ2) is 6.00. The molecule has 2 aliphatic heterocycles. The van der Waals surface area contributed by atoms with Crippen molar-refractivity contribution in [3.8, 4) is 0 Å². The van der Waals surface area contributed by atoms with Crippen molar-refractivity contribution < 1.29 is 19.4 Å². The number of azide groups is 1. The van der Waals surface area contributed by atoms with Gasteiger partial charge in [0, 0.05) is 9.82 Å². The maximum atomic E-state index is 12.0. The number of amides is 1. The lowest BCUT2D eigenvalue weighted by molar-refractivity contribution is -0.154. The molecule has 2 heterocycles. The number of hydrogen-bond donors (Lipinski definition) is 1. The molecule has 0 spiro atoms. The SMILES string of the molecule is C=CCOC(=O)C1=C(CN=[N+]=[N-])S[C@@H]2[C@@H](CO)C(=O)N12. The van der Waals surface area contributed by atoms with Gasteiger partial charge in [0.1, 0.15) is 17.7 Å². The van der Waals surface area contributed by atoms with Gasteiger partial charge in [0.05, 0.1) is 19.1 Å². The summed E-state index contributed by atoms with van der Waals surface area (Å²) in [5.74, 6) is -1.52. The van der Waals surface area contributed by atoms with E-state index in [2.05, 4.69) is 16.6 Å². The van der Waals surface area contributed by atoms with Crippen LogP contribution in [0.4, 0.5) is 0 Å². The van der Waals surface area contributed by atoms with Crippen molar-refractivity contribution >= 4 is 23.6 Å². The van der Waals surface area contributed by atoms with Crippen molar-refractivity contribution in [2.45, 2.75) is 5.37 Å². The number of β-lactam (4-membered cyclic amide) rings is 1. The third kappa shape index (κ3) is 2.26. The highest BCUT2D eigenvalue weighted by atomic mass is 32.2. The zero-order valence-corrected chi connectivity index (χ0v) is 11.2. The molecule has 0 aromatic rings. The second-order valence-electron chi connectivity index (χ2n) is 4.05. The molecule has 20 heavy (non-hydrogen) atoms. The Balaban J connectivity index is 2.25. The fourth-order valence-corrected chi connectivity index (χ4v) is 3.42. The summed E-state index contributed by atoms with van der Waals surface area (Å²) in [6, 6.07) is 0. The number of thioether (sulfide) groups is 1. The van der Waals surface area contributed by atoms with Crippen LogP contribution in [0.25, 0.3) is 10.4 Å². The molecule has 1 amide bonds. The van der Waals surface area contributed by atoms with Gasteiger partial charge in [-0.25, -0.2) is 4.79 Å². The predicted octanol–water partition coefficient (Wildman–Crippen LogP) is 0.761. The highest BCUT2D eigenvalue weighted by molar-refractivity contribution is 8.04. The van der Waals surface area contributed by atoms with Gasteiger partial charge in [-0.2, -0.15) is 0 Å². The van der Waals surface area contributed by atoms with Gasteiger partial charge in [0.25, 0.3) is 0 Å². The average molecular weight is 296 g/mol. The zero-order valence-electron chi connectivity index (χ0n) is 10.4. The number of nitrogens with zero attached hydrogens (tertiary/aromatic N) is 4. The van der Waals surface area contributed by atoms with Crippen LogP contribution in [-0.2, 0) is 14.3 Å². The highest BCUT2D eigenvalue weighted by Crippen LogP contribution is 2.49. The molecule has 0 unspecified atom stereocenters. The summed E-state index contributed by atoms with van der Waals surface area (Å²) < 4.78 is 4.94. The van der Waals surface area contributed by atoms with Crippen molar-refractivity contribution in [1.82, 2.24) is 4.90 Å². The second-order valence-corrected chi connectivity index (χ2v) is 5.27. The standard InChI is InChI=1S/C11H12N4O4S/c1-2-3-19-11(18)8-7(4-13-14-12)20-10-6(5-16)9(17)15(8)10/h2,6,10,16H,1,3-5H2/t6-,10+/m0/s1. The third-order valence-electron chi connectivity index (χ3n) is 2.92. The lowest BCUT2D eigenvalue weighted by atomic mass is 9.98. The van der Waals surface area contributed by atoms with E-state index in [0.717, 1.165) is 0 Å². The monoisotopic (exact) mass is 296 g/mol. The molecule has 1 fully saturated rings. The van der Waals surface area contributed by atoms with Gasteiger partial charge in [-0.15, -0.1) is 11.8 Å². The van der Waals surface area contributed by atoms with E-state index in [4.69, 9.17) is 15.4 Å². The molecule has 0 aromatic carbocycles. The van der Waals surface area contributed by atoms with Crippen LogP contribution in [0.3, 0.4) is 0 Å². The topological polar surface area (TPSA) is 116 Å². The van der Waals surface area contributed by atoms with Gasteiger partial charge >= 0.3 is 5.97 Å². The maximum Gasteiger partial charge on any atom is 0.356 e. The summed E-state index contributed by atoms with van der Waals surface area (Å²) in [6.07, 6.45) is 1.42. The van der Waals surface area contributed by atoms with Gasteiger partial charge in [-0.3, -0.25) is 9.69 Å². The van der Waals surface area contributed by atoms with E-state index in [0.29, 0.717) is 4.91 Å². The minimum Gasteiger partial charge on any atom is -0.457 e. The van der Waals surface area contributed by atoms with Crippen LogP contribution in [0.5, 0.6) is 0 Å². The smallest absolute Gasteiger partial charge is 0.356 e. The first kappa shape index (κ1) is 14.4. The molecule has 1 N–H and O–H groups in total. The fraction of sp³-hybridized carbons (Fsp3) is 0.455. The minimum atomic E-state index is -0.659. The van der Waals surface area contributed by atoms with E-state index >= 15 is 0 Å². The average Bonchev–Trinajstić information content (AvgIpc) is 2.78. The Hall–Kier alpha value is -1.96. The molecule has 106 valence electrons. The van der Waals surface area contributed by atoms with E-state index in [1.807, 2.05) is 0 Å². The van der Waals surface area contributed by atoms with E-state index in [1.165, 1.54) is 22.7 Å². The van der Waals surface area contributed by atoms with Gasteiger partial charge in [0.2, 0.25) is 5.91 Å². The summed E-state index contributed by atoms with van der Waals surface area (Å²) in [5.41, 5.74) is 8.47. The third-order valence-corrected chi connectivity index (χ3v) is 4.31. The number of esters is 1. The highest BCUT2D eigenvalue weighted by Gasteiger charge is 2.55. The lowest BCUT2D eigenvalue weighted by Crippen LogP contribution is -2.58. The molecule has 2 aliphatic rings. The van der Waals surface area contributed by atoms with Crippen LogP contribution in [0, 0.1) is 5.92 Å². The Bertz CT molecular complexity index is 541. The van der Waals surface area contributed by atoms with Gasteiger partial charge in [-0.1, -0.05) is 17.8 Å². The first-order valence-corrected chi connectivity index (χ1v) is 6.66. The van der Waals surface area contributed by atoms with Crippen LogP contribution < -0.4 is 0 Å². The summed E-state index contributed by atoms with van der Waals surface area (Å²) in [4.78, 5) is 28.3. The van der Waals surface area contributed by atoms with Crippen LogP contribution in [0.15, 0.2) is 28.4 Å². The molecule has 0 radical (unpaired) electrons. The molecule has 0 aliphatic carbocycles. The molecule has 2 atom stereocenters. The molecular formula is C11H12N4O4S. The first-order valence-electron chi connectivity index (χ1n) is 5.78. The molecule has 0 bridgehead atoms. The Morgan fingerprint density at radius 1 is 1.70 bits per heavy atom. The normalized spacial score (nSPS) is 23.9. The number of hydrogen-bond acceptors (Lipinski definition) is 6. The van der Waals surface area contributed by atoms with Crippen LogP contribution >= 0.6 is 11.8 Å². The van der Waals surface area contributed by atoms with Crippen molar-refractivity contribution in [3.05, 3.63) is 33.7 Å². The number of aliphatic hydroxyl groups excluding tert-OH is 1. The zero-order chi connectivity index (χ0) is 14.7. The molecule has 0 aromatic heterocycles. The van der Waals surface area contributed by atoms with Crippen LogP contribution in [-0.4, -0.2) is 47.0 Å². The van der Waals surface area contributed by atoms with E-state index in [1.54, 1.807) is 0 Å². The van der Waals surface area contributed by atoms with Crippen molar-refractivity contribution in [2.75, 3.05) is 19.8 Å². The molecule has 8 nitrogen and oxygen atoms in total. The Morgan fingerprint density at radius 3 is 3.05 bits per heavy atom. The quantitative estimate of drug-likeness (QED) is 0.194. The Labute approximate surface area is 118 Å². The summed E-state index contributed by atoms with van der Waals surface area (Å²) >= 11 is 1.24. The number of ether oxygens (including phenoxy) is 1. The number of rotatable bonds is 6. The summed E-state index contributed by atoms with van der Waals surface area (Å²) in [5, 5.41) is 12.2. The summed E-state index contributed by atoms with van der Waals surface area (Å²) in [6.45, 7) is 3.15. The maximum absolute atomic E-state index is 12.0. The summed E-state index contributed by atoms with van der Waals surface area (Å²) in [7, 11) is 0. The Morgan fingerprint density at radius 2 is 2.45 bits per heavy atom. The number of fused-ring (bicyclic) bond motifs is 1. The molecular weight excluding hydrogens is 284 g/mol. The minimum absolute atomic E-state index is 0.0257. The van der Waals surface area contributed by atoms with E-state index in [-0.39, 0.29) is 36.7 Å². The predicted molar refractivity (Wildman–Crippen MR) is 71.0 cm³/mol. The van der Waals surface area contributed by atoms with Crippen molar-refractivity contribution in [2.24, 2.45) is 11.0 Å². The fourth-order valence-electron chi connectivity index (χ4n) is 2.02. The largest absolute Gasteiger partial charge is 0.457 e. The van der Waals surface area contributed by atoms with Crippen LogP contribution in [0.1, 0.15) is 0 Å². The number of carbonyl (C=O) groups excluding carboxylic acids is 2. The van der Waals surface area contributed by atoms with Crippen molar-refractivity contribution in [3.63, 3.8) is 0 Å². The van der Waals surface area contributed by atoms with E-state index in [9.17, 15) is 9.59 Å². The number of carbonyl (C=O) groups is 2. The Kier molecular flexibility index (Phi) is 4.33. The molecule has 9 heteroatoms. The lowest BCUT2D eigenvalue weighted by Gasteiger charge is -2.41. The van der Waals surface area contributed by atoms with Gasteiger partial charge < -0.3 is 9.84 Å². The van der Waals surface area contributed by atoms with E-state index < -0.39 is 11.9 Å². The molecule has 0 saturated carbocycles. The van der Waals surface area contributed by atoms with Gasteiger partial charge in [0.15, 0.2) is 0 Å².